The summed E-state index contributed by atoms with van der Waals surface area (Å²) in [7, 11) is 1.62. The van der Waals surface area contributed by atoms with Crippen LogP contribution in [0, 0.1) is 0 Å². The number of methoxy groups -OCH3 is 1. The molecule has 2 aliphatic rings. The maximum atomic E-state index is 12.3. The van der Waals surface area contributed by atoms with E-state index >= 15 is 0 Å². The molecule has 1 unspecified atom stereocenters. The number of ether oxygens (including phenoxy) is 3. The summed E-state index contributed by atoms with van der Waals surface area (Å²) in [6, 6.07) is 7.46. The van der Waals surface area contributed by atoms with E-state index in [-0.39, 0.29) is 11.6 Å². The van der Waals surface area contributed by atoms with Crippen molar-refractivity contribution in [1.82, 2.24) is 0 Å². The van der Waals surface area contributed by atoms with Crippen molar-refractivity contribution in [3.05, 3.63) is 35.4 Å². The molecule has 1 aromatic rings. The van der Waals surface area contributed by atoms with Crippen LogP contribution in [0.2, 0.25) is 0 Å². The first kappa shape index (κ1) is 14.1. The van der Waals surface area contributed by atoms with Crippen LogP contribution in [0.25, 0.3) is 5.57 Å². The number of hydrogen-bond donors (Lipinski definition) is 0. The zero-order chi connectivity index (χ0) is 15.3. The molecule has 4 nitrogen and oxygen atoms in total. The number of hydrogen-bond acceptors (Lipinski definition) is 4. The number of benzene rings is 1. The Labute approximate surface area is 124 Å². The van der Waals surface area contributed by atoms with Crippen LogP contribution < -0.4 is 4.74 Å². The van der Waals surface area contributed by atoms with Crippen molar-refractivity contribution in [1.29, 1.82) is 0 Å². The molecular formula is C17H20O4. The highest BCUT2D eigenvalue weighted by molar-refractivity contribution is 6.20. The van der Waals surface area contributed by atoms with Crippen LogP contribution in [0.5, 0.6) is 5.75 Å². The highest BCUT2D eigenvalue weighted by atomic mass is 16.7. The fourth-order valence-corrected chi connectivity index (χ4v) is 3.13. The summed E-state index contributed by atoms with van der Waals surface area (Å²) < 4.78 is 16.7. The second kappa shape index (κ2) is 4.60. The molecule has 1 saturated heterocycles. The summed E-state index contributed by atoms with van der Waals surface area (Å²) in [4.78, 5) is 12.3. The maximum Gasteiger partial charge on any atom is 0.341 e. The van der Waals surface area contributed by atoms with Gasteiger partial charge in [0.15, 0.2) is 0 Å². The zero-order valence-electron chi connectivity index (χ0n) is 12.9. The van der Waals surface area contributed by atoms with E-state index in [4.69, 9.17) is 14.2 Å². The summed E-state index contributed by atoms with van der Waals surface area (Å²) in [6.07, 6.45) is 1.67. The number of carbonyl (C=O) groups excluding carboxylic acids is 1. The van der Waals surface area contributed by atoms with Gasteiger partial charge >= 0.3 is 5.97 Å². The maximum absolute atomic E-state index is 12.3. The van der Waals surface area contributed by atoms with E-state index in [0.717, 1.165) is 29.7 Å². The summed E-state index contributed by atoms with van der Waals surface area (Å²) in [5.74, 6) is -0.483. The van der Waals surface area contributed by atoms with E-state index in [0.29, 0.717) is 5.57 Å². The van der Waals surface area contributed by atoms with Gasteiger partial charge in [0.1, 0.15) is 5.75 Å². The van der Waals surface area contributed by atoms with Crippen molar-refractivity contribution in [3.8, 4) is 5.75 Å². The molecule has 0 bridgehead atoms. The summed E-state index contributed by atoms with van der Waals surface area (Å²) in [5, 5.41) is 0. The lowest BCUT2D eigenvalue weighted by Crippen LogP contribution is -2.45. The molecule has 0 saturated carbocycles. The Bertz CT molecular complexity index is 612. The topological polar surface area (TPSA) is 44.8 Å². The highest BCUT2D eigenvalue weighted by Crippen LogP contribution is 2.47. The Morgan fingerprint density at radius 3 is 2.43 bits per heavy atom. The predicted octanol–water partition coefficient (Wildman–Crippen LogP) is 3.31. The van der Waals surface area contributed by atoms with Gasteiger partial charge in [0.2, 0.25) is 5.79 Å². The second-order valence-corrected chi connectivity index (χ2v) is 6.28. The minimum Gasteiger partial charge on any atom is -0.497 e. The van der Waals surface area contributed by atoms with E-state index in [2.05, 4.69) is 0 Å². The van der Waals surface area contributed by atoms with Crippen LogP contribution >= 0.6 is 0 Å². The number of carbonyl (C=O) groups is 1. The molecule has 2 heterocycles. The van der Waals surface area contributed by atoms with E-state index in [1.807, 2.05) is 45.0 Å². The number of rotatable bonds is 2. The summed E-state index contributed by atoms with van der Waals surface area (Å²) in [6.45, 7) is 5.88. The van der Waals surface area contributed by atoms with Gasteiger partial charge < -0.3 is 14.2 Å². The standard InChI is InChI=1S/C17H20O4/c1-16(2)10-9-13-14(15(18)20-17(13,3)21-16)11-5-7-12(19-4)8-6-11/h5-8H,9-10H2,1-4H3. The molecule has 112 valence electrons. The van der Waals surface area contributed by atoms with Gasteiger partial charge in [-0.2, -0.15) is 0 Å². The number of esters is 1. The van der Waals surface area contributed by atoms with Gasteiger partial charge in [-0.05, 0) is 44.4 Å². The van der Waals surface area contributed by atoms with Crippen LogP contribution in [0.1, 0.15) is 39.2 Å². The van der Waals surface area contributed by atoms with Crippen LogP contribution in [-0.4, -0.2) is 24.5 Å². The lowest BCUT2D eigenvalue weighted by Gasteiger charge is -2.41. The summed E-state index contributed by atoms with van der Waals surface area (Å²) in [5.41, 5.74) is 2.14. The quantitative estimate of drug-likeness (QED) is 0.783. The first-order chi connectivity index (χ1) is 9.85. The fraction of sp³-hybridized carbons (Fsp3) is 0.471. The van der Waals surface area contributed by atoms with E-state index in [9.17, 15) is 4.79 Å². The molecule has 21 heavy (non-hydrogen) atoms. The summed E-state index contributed by atoms with van der Waals surface area (Å²) >= 11 is 0. The van der Waals surface area contributed by atoms with E-state index in [1.165, 1.54) is 0 Å². The minimum absolute atomic E-state index is 0.284. The smallest absolute Gasteiger partial charge is 0.341 e. The first-order valence-corrected chi connectivity index (χ1v) is 7.16. The van der Waals surface area contributed by atoms with Crippen LogP contribution in [0.15, 0.2) is 29.8 Å². The lowest BCUT2D eigenvalue weighted by atomic mass is 9.86. The molecule has 0 spiro atoms. The molecule has 0 aromatic heterocycles. The third-order valence-electron chi connectivity index (χ3n) is 4.17. The molecule has 1 atom stereocenters. The van der Waals surface area contributed by atoms with Crippen molar-refractivity contribution in [2.24, 2.45) is 0 Å². The Morgan fingerprint density at radius 1 is 1.14 bits per heavy atom. The monoisotopic (exact) mass is 288 g/mol. The van der Waals surface area contributed by atoms with Crippen molar-refractivity contribution < 1.29 is 19.0 Å². The molecule has 1 fully saturated rings. The Hall–Kier alpha value is -1.81. The molecule has 0 aliphatic carbocycles. The first-order valence-electron chi connectivity index (χ1n) is 7.16. The Balaban J connectivity index is 2.04. The van der Waals surface area contributed by atoms with E-state index in [1.54, 1.807) is 7.11 Å². The molecule has 4 heteroatoms. The van der Waals surface area contributed by atoms with E-state index < -0.39 is 5.79 Å². The normalized spacial score (nSPS) is 27.3. The van der Waals surface area contributed by atoms with Gasteiger partial charge in [-0.25, -0.2) is 4.79 Å². The second-order valence-electron chi connectivity index (χ2n) is 6.28. The van der Waals surface area contributed by atoms with Crippen LogP contribution in [0.4, 0.5) is 0 Å². The predicted molar refractivity (Wildman–Crippen MR) is 78.8 cm³/mol. The molecule has 2 aliphatic heterocycles. The van der Waals surface area contributed by atoms with Gasteiger partial charge in [-0.3, -0.25) is 0 Å². The molecule has 0 amide bonds. The minimum atomic E-state index is -0.936. The van der Waals surface area contributed by atoms with Gasteiger partial charge in [0.05, 0.1) is 18.3 Å². The fourth-order valence-electron chi connectivity index (χ4n) is 3.13. The van der Waals surface area contributed by atoms with Crippen molar-refractivity contribution in [3.63, 3.8) is 0 Å². The molecule has 0 N–H and O–H groups in total. The van der Waals surface area contributed by atoms with Crippen LogP contribution in [-0.2, 0) is 14.3 Å². The van der Waals surface area contributed by atoms with Gasteiger partial charge in [0, 0.05) is 12.5 Å². The molecular weight excluding hydrogens is 268 g/mol. The van der Waals surface area contributed by atoms with Crippen molar-refractivity contribution in [2.45, 2.75) is 45.0 Å². The average Bonchev–Trinajstić information content (AvgIpc) is 2.66. The van der Waals surface area contributed by atoms with Gasteiger partial charge in [-0.15, -0.1) is 0 Å². The van der Waals surface area contributed by atoms with Gasteiger partial charge in [-0.1, -0.05) is 12.1 Å². The SMILES string of the molecule is COc1ccc(C2=C3CCC(C)(C)OC3(C)OC2=O)cc1. The van der Waals surface area contributed by atoms with Gasteiger partial charge in [0.25, 0.3) is 0 Å². The van der Waals surface area contributed by atoms with Crippen LogP contribution in [0.3, 0.4) is 0 Å². The highest BCUT2D eigenvalue weighted by Gasteiger charge is 2.51. The lowest BCUT2D eigenvalue weighted by molar-refractivity contribution is -0.246. The van der Waals surface area contributed by atoms with Crippen molar-refractivity contribution in [2.75, 3.05) is 7.11 Å². The van der Waals surface area contributed by atoms with Crippen molar-refractivity contribution >= 4 is 11.5 Å². The molecule has 1 aromatic carbocycles. The third-order valence-corrected chi connectivity index (χ3v) is 4.17. The average molecular weight is 288 g/mol. The zero-order valence-corrected chi connectivity index (χ0v) is 12.9. The third kappa shape index (κ3) is 2.33. The Morgan fingerprint density at radius 2 is 1.81 bits per heavy atom. The molecule has 0 radical (unpaired) electrons. The Kier molecular flexibility index (Phi) is 3.10. The number of fused-ring (bicyclic) bond motifs is 1. The molecule has 3 rings (SSSR count). The largest absolute Gasteiger partial charge is 0.497 e.